The van der Waals surface area contributed by atoms with E-state index >= 15 is 0 Å². The normalized spacial score (nSPS) is 10.7. The van der Waals surface area contributed by atoms with Crippen LogP contribution in [0.4, 0.5) is 5.69 Å². The Balaban J connectivity index is 1.58. The molecule has 0 aromatic heterocycles. The lowest BCUT2D eigenvalue weighted by molar-refractivity contribution is 0.104. The molecule has 0 aliphatic carbocycles. The molecule has 3 aromatic carbocycles. The van der Waals surface area contributed by atoms with Crippen LogP contribution in [0.3, 0.4) is 0 Å². The van der Waals surface area contributed by atoms with Crippen molar-refractivity contribution in [3.05, 3.63) is 100 Å². The third-order valence-corrected chi connectivity index (χ3v) is 4.37. The number of allylic oxidation sites excluding steroid dienone is 1. The largest absolute Gasteiger partial charge is 0.456 e. The number of halogens is 2. The summed E-state index contributed by atoms with van der Waals surface area (Å²) >= 11 is 9.43. The van der Waals surface area contributed by atoms with Crippen molar-refractivity contribution in [1.82, 2.24) is 0 Å². The molecule has 0 fully saturated rings. The Morgan fingerprint density at radius 2 is 1.65 bits per heavy atom. The highest BCUT2D eigenvalue weighted by atomic mass is 79.9. The highest BCUT2D eigenvalue weighted by Gasteiger charge is 2.02. The molecule has 5 heteroatoms. The highest BCUT2D eigenvalue weighted by Crippen LogP contribution is 2.29. The average Bonchev–Trinajstić information content (AvgIpc) is 2.65. The minimum absolute atomic E-state index is 0.0660. The Hall–Kier alpha value is -2.56. The lowest BCUT2D eigenvalue weighted by Crippen LogP contribution is -1.96. The number of hydrogen-bond donors (Lipinski definition) is 1. The summed E-state index contributed by atoms with van der Waals surface area (Å²) in [6.45, 7) is 0. The number of para-hydroxylation sites is 1. The summed E-state index contributed by atoms with van der Waals surface area (Å²) in [6, 6.07) is 21.9. The Kier molecular flexibility index (Phi) is 6.10. The summed E-state index contributed by atoms with van der Waals surface area (Å²) in [5, 5.41) is 3.63. The number of benzene rings is 3. The summed E-state index contributed by atoms with van der Waals surface area (Å²) in [4.78, 5) is 12.1. The van der Waals surface area contributed by atoms with Gasteiger partial charge in [-0.1, -0.05) is 39.7 Å². The second-order valence-corrected chi connectivity index (χ2v) is 6.73. The molecule has 3 aromatic rings. The molecule has 0 saturated heterocycles. The summed E-state index contributed by atoms with van der Waals surface area (Å²) in [5.41, 5.74) is 1.48. The molecule has 130 valence electrons. The smallest absolute Gasteiger partial charge is 0.187 e. The quantitative estimate of drug-likeness (QED) is 0.350. The zero-order valence-electron chi connectivity index (χ0n) is 13.7. The first kappa shape index (κ1) is 18.2. The van der Waals surface area contributed by atoms with Crippen LogP contribution in [0.15, 0.2) is 89.5 Å². The van der Waals surface area contributed by atoms with Crippen molar-refractivity contribution in [2.75, 3.05) is 5.32 Å². The molecule has 3 nitrogen and oxygen atoms in total. The van der Waals surface area contributed by atoms with Gasteiger partial charge in [-0.25, -0.2) is 0 Å². The van der Waals surface area contributed by atoms with Crippen molar-refractivity contribution in [3.8, 4) is 11.5 Å². The van der Waals surface area contributed by atoms with E-state index in [1.165, 1.54) is 6.08 Å². The van der Waals surface area contributed by atoms with Crippen LogP contribution in [0, 0.1) is 0 Å². The van der Waals surface area contributed by atoms with Gasteiger partial charge < -0.3 is 10.1 Å². The fourth-order valence-electron chi connectivity index (χ4n) is 2.20. The minimum atomic E-state index is -0.0660. The first-order chi connectivity index (χ1) is 12.6. The molecule has 3 rings (SSSR count). The number of hydrogen-bond acceptors (Lipinski definition) is 3. The topological polar surface area (TPSA) is 38.3 Å². The van der Waals surface area contributed by atoms with E-state index in [1.807, 2.05) is 54.6 Å². The molecule has 0 amide bonds. The maximum atomic E-state index is 12.1. The maximum absolute atomic E-state index is 12.1. The molecule has 0 bridgehead atoms. The molecule has 0 radical (unpaired) electrons. The van der Waals surface area contributed by atoms with Crippen LogP contribution in [0.2, 0.25) is 5.02 Å². The Bertz CT molecular complexity index is 922. The third kappa shape index (κ3) is 4.97. The zero-order valence-corrected chi connectivity index (χ0v) is 16.0. The van der Waals surface area contributed by atoms with Crippen molar-refractivity contribution in [1.29, 1.82) is 0 Å². The van der Waals surface area contributed by atoms with E-state index in [2.05, 4.69) is 21.2 Å². The zero-order chi connectivity index (χ0) is 18.4. The lowest BCUT2D eigenvalue weighted by atomic mass is 10.1. The molecule has 0 aliphatic heterocycles. The van der Waals surface area contributed by atoms with E-state index < -0.39 is 0 Å². The average molecular weight is 429 g/mol. The number of ketones is 1. The van der Waals surface area contributed by atoms with Crippen LogP contribution < -0.4 is 10.1 Å². The standard InChI is InChI=1S/C21H15BrClNO2/c22-16-7-5-15(6-8-16)20(25)13-14-24-17-9-11-18(12-10-17)26-21-4-2-1-3-19(21)23/h1-14,24H/b14-13+. The molecule has 1 N–H and O–H groups in total. The summed E-state index contributed by atoms with van der Waals surface area (Å²) in [5.74, 6) is 1.22. The van der Waals surface area contributed by atoms with E-state index in [4.69, 9.17) is 16.3 Å². The SMILES string of the molecule is O=C(/C=C/Nc1ccc(Oc2ccccc2Cl)cc1)c1ccc(Br)cc1. The maximum Gasteiger partial charge on any atom is 0.187 e. The summed E-state index contributed by atoms with van der Waals surface area (Å²) in [7, 11) is 0. The van der Waals surface area contributed by atoms with Gasteiger partial charge in [0.15, 0.2) is 5.78 Å². The number of nitrogens with one attached hydrogen (secondary N) is 1. The Labute approximate surface area is 165 Å². The van der Waals surface area contributed by atoms with Crippen LogP contribution >= 0.6 is 27.5 Å². The fourth-order valence-corrected chi connectivity index (χ4v) is 2.64. The van der Waals surface area contributed by atoms with Crippen molar-refractivity contribution >= 4 is 39.0 Å². The number of carbonyl (C=O) groups is 1. The van der Waals surface area contributed by atoms with Crippen LogP contribution in [-0.2, 0) is 0 Å². The minimum Gasteiger partial charge on any atom is -0.456 e. The van der Waals surface area contributed by atoms with E-state index in [0.717, 1.165) is 10.2 Å². The van der Waals surface area contributed by atoms with Gasteiger partial charge in [-0.15, -0.1) is 0 Å². The Morgan fingerprint density at radius 3 is 2.35 bits per heavy atom. The monoisotopic (exact) mass is 427 g/mol. The number of carbonyl (C=O) groups excluding carboxylic acids is 1. The van der Waals surface area contributed by atoms with Crippen molar-refractivity contribution in [3.63, 3.8) is 0 Å². The predicted molar refractivity (Wildman–Crippen MR) is 109 cm³/mol. The molecule has 0 unspecified atom stereocenters. The van der Waals surface area contributed by atoms with E-state index in [9.17, 15) is 4.79 Å². The Morgan fingerprint density at radius 1 is 0.962 bits per heavy atom. The summed E-state index contributed by atoms with van der Waals surface area (Å²) < 4.78 is 6.68. The van der Waals surface area contributed by atoms with Crippen LogP contribution in [0.1, 0.15) is 10.4 Å². The van der Waals surface area contributed by atoms with Gasteiger partial charge >= 0.3 is 0 Å². The van der Waals surface area contributed by atoms with Gasteiger partial charge in [0.2, 0.25) is 0 Å². The predicted octanol–water partition coefficient (Wildman–Crippen LogP) is 6.70. The number of ether oxygens (including phenoxy) is 1. The van der Waals surface area contributed by atoms with Crippen molar-refractivity contribution < 1.29 is 9.53 Å². The first-order valence-electron chi connectivity index (χ1n) is 7.87. The van der Waals surface area contributed by atoms with Gasteiger partial charge in [-0.2, -0.15) is 0 Å². The van der Waals surface area contributed by atoms with Gasteiger partial charge in [0, 0.05) is 28.0 Å². The van der Waals surface area contributed by atoms with Gasteiger partial charge in [-0.3, -0.25) is 4.79 Å². The van der Waals surface area contributed by atoms with Gasteiger partial charge in [0.25, 0.3) is 0 Å². The molecule has 26 heavy (non-hydrogen) atoms. The lowest BCUT2D eigenvalue weighted by Gasteiger charge is -2.08. The molecule has 0 atom stereocenters. The molecule has 0 heterocycles. The van der Waals surface area contributed by atoms with Crippen molar-refractivity contribution in [2.24, 2.45) is 0 Å². The molecular weight excluding hydrogens is 414 g/mol. The second kappa shape index (κ2) is 8.70. The first-order valence-corrected chi connectivity index (χ1v) is 9.04. The second-order valence-electron chi connectivity index (χ2n) is 5.41. The number of rotatable bonds is 6. The van der Waals surface area contributed by atoms with E-state index in [0.29, 0.717) is 22.1 Å². The van der Waals surface area contributed by atoms with Gasteiger partial charge in [0.1, 0.15) is 11.5 Å². The third-order valence-electron chi connectivity index (χ3n) is 3.53. The molecule has 0 spiro atoms. The van der Waals surface area contributed by atoms with Gasteiger partial charge in [0.05, 0.1) is 5.02 Å². The van der Waals surface area contributed by atoms with Crippen molar-refractivity contribution in [2.45, 2.75) is 0 Å². The van der Waals surface area contributed by atoms with E-state index in [-0.39, 0.29) is 5.78 Å². The molecular formula is C21H15BrClNO2. The van der Waals surface area contributed by atoms with Gasteiger partial charge in [-0.05, 0) is 60.7 Å². The highest BCUT2D eigenvalue weighted by molar-refractivity contribution is 9.10. The fraction of sp³-hybridized carbons (Fsp3) is 0. The van der Waals surface area contributed by atoms with Crippen LogP contribution in [0.5, 0.6) is 11.5 Å². The number of anilines is 1. The van der Waals surface area contributed by atoms with E-state index in [1.54, 1.807) is 24.4 Å². The molecule has 0 aliphatic rings. The molecule has 0 saturated carbocycles. The summed E-state index contributed by atoms with van der Waals surface area (Å²) in [6.07, 6.45) is 3.12. The van der Waals surface area contributed by atoms with Crippen LogP contribution in [0.25, 0.3) is 0 Å². The van der Waals surface area contributed by atoms with Crippen LogP contribution in [-0.4, -0.2) is 5.78 Å².